The molecule has 0 unspecified atom stereocenters. The number of rotatable bonds is 4. The van der Waals surface area contributed by atoms with Gasteiger partial charge in [-0.2, -0.15) is 0 Å². The van der Waals surface area contributed by atoms with Crippen LogP contribution in [0.3, 0.4) is 0 Å². The first-order valence-corrected chi connectivity index (χ1v) is 7.79. The highest BCUT2D eigenvalue weighted by Crippen LogP contribution is 2.41. The summed E-state index contributed by atoms with van der Waals surface area (Å²) in [7, 11) is 1.58. The van der Waals surface area contributed by atoms with Crippen LogP contribution in [0.25, 0.3) is 0 Å². The summed E-state index contributed by atoms with van der Waals surface area (Å²) < 4.78 is 32.3. The lowest BCUT2D eigenvalue weighted by Crippen LogP contribution is -2.41. The van der Waals surface area contributed by atoms with Gasteiger partial charge in [-0.1, -0.05) is 0 Å². The quantitative estimate of drug-likeness (QED) is 0.832. The van der Waals surface area contributed by atoms with Crippen LogP contribution in [0.5, 0.6) is 0 Å². The summed E-state index contributed by atoms with van der Waals surface area (Å²) in [5, 5.41) is 10.1. The first kappa shape index (κ1) is 16.0. The predicted octanol–water partition coefficient (Wildman–Crippen LogP) is 2.46. The molecule has 0 bridgehead atoms. The van der Waals surface area contributed by atoms with Crippen LogP contribution in [0.15, 0.2) is 0 Å². The number of halogens is 2. The molecule has 6 nitrogen and oxygen atoms in total. The summed E-state index contributed by atoms with van der Waals surface area (Å²) in [5.41, 5.74) is 0.152. The molecule has 126 valence electrons. The first-order chi connectivity index (χ1) is 11.1. The van der Waals surface area contributed by atoms with Crippen molar-refractivity contribution in [3.8, 4) is 0 Å². The van der Waals surface area contributed by atoms with Crippen LogP contribution in [0.4, 0.5) is 20.4 Å². The van der Waals surface area contributed by atoms with Crippen LogP contribution in [-0.2, 0) is 4.74 Å². The maximum atomic E-state index is 13.4. The topological polar surface area (TPSA) is 74.1 Å². The number of anilines is 2. The number of ether oxygens (including phenoxy) is 1. The molecule has 2 saturated heterocycles. The average molecular weight is 325 g/mol. The summed E-state index contributed by atoms with van der Waals surface area (Å²) in [6, 6.07) is 0. The minimum atomic E-state index is -2.70. The normalized spacial score (nSPS) is 20.3. The van der Waals surface area contributed by atoms with Crippen LogP contribution in [0, 0.1) is 10.8 Å². The molecule has 8 heteroatoms. The highest BCUT2D eigenvalue weighted by atomic mass is 19.3. The summed E-state index contributed by atoms with van der Waals surface area (Å²) in [6.07, 6.45) is 1.19. The second-order valence-electron chi connectivity index (χ2n) is 6.15. The van der Waals surface area contributed by atoms with Gasteiger partial charge in [0.25, 0.3) is 6.43 Å². The van der Waals surface area contributed by atoms with Gasteiger partial charge in [-0.05, 0) is 24.7 Å². The molecule has 1 aromatic heterocycles. The van der Waals surface area contributed by atoms with Gasteiger partial charge in [-0.15, -0.1) is 0 Å². The molecule has 1 spiro atoms. The molecule has 2 fully saturated rings. The maximum Gasteiger partial charge on any atom is 0.284 e. The Bertz CT molecular complexity index is 579. The fourth-order valence-electron chi connectivity index (χ4n) is 3.35. The van der Waals surface area contributed by atoms with Gasteiger partial charge in [0, 0.05) is 33.0 Å². The molecule has 0 aromatic carbocycles. The Labute approximate surface area is 133 Å². The summed E-state index contributed by atoms with van der Waals surface area (Å²) >= 11 is 0. The second-order valence-corrected chi connectivity index (χ2v) is 6.15. The molecule has 3 heterocycles. The van der Waals surface area contributed by atoms with E-state index < -0.39 is 6.43 Å². The molecule has 3 rings (SSSR count). The Hall–Kier alpha value is -1.83. The van der Waals surface area contributed by atoms with E-state index in [-0.39, 0.29) is 28.4 Å². The minimum Gasteiger partial charge on any atom is -0.381 e. The third-order valence-electron chi connectivity index (χ3n) is 4.82. The largest absolute Gasteiger partial charge is 0.381 e. The van der Waals surface area contributed by atoms with Crippen molar-refractivity contribution in [2.75, 3.05) is 43.6 Å². The van der Waals surface area contributed by atoms with Gasteiger partial charge in [-0.3, -0.25) is 0 Å². The first-order valence-electron chi connectivity index (χ1n) is 7.79. The number of hydrogen-bond donors (Lipinski definition) is 2. The van der Waals surface area contributed by atoms with Crippen molar-refractivity contribution in [1.82, 2.24) is 9.97 Å². The van der Waals surface area contributed by atoms with Gasteiger partial charge in [0.1, 0.15) is 5.69 Å². The van der Waals surface area contributed by atoms with Crippen molar-refractivity contribution in [3.05, 3.63) is 11.4 Å². The average Bonchev–Trinajstić information content (AvgIpc) is 3.02. The molecule has 0 radical (unpaired) electrons. The third kappa shape index (κ3) is 2.99. The van der Waals surface area contributed by atoms with Gasteiger partial charge in [0.15, 0.2) is 17.3 Å². The van der Waals surface area contributed by atoms with Crippen LogP contribution < -0.4 is 10.2 Å². The lowest BCUT2D eigenvalue weighted by molar-refractivity contribution is 0.132. The Kier molecular flexibility index (Phi) is 4.43. The van der Waals surface area contributed by atoms with Crippen molar-refractivity contribution in [1.29, 1.82) is 5.41 Å². The SMILES string of the molecule is CNc1nc(C(F)F)c(N2CCC3(CCOC3)CC2)nc1C=N. The fraction of sp³-hybridized carbons (Fsp3) is 0.667. The summed E-state index contributed by atoms with van der Waals surface area (Å²) in [5.74, 6) is 0.406. The monoisotopic (exact) mass is 325 g/mol. The van der Waals surface area contributed by atoms with E-state index in [1.165, 1.54) is 0 Å². The lowest BCUT2D eigenvalue weighted by Gasteiger charge is -2.39. The van der Waals surface area contributed by atoms with Crippen LogP contribution in [0.2, 0.25) is 0 Å². The van der Waals surface area contributed by atoms with E-state index in [1.54, 1.807) is 7.05 Å². The third-order valence-corrected chi connectivity index (χ3v) is 4.82. The zero-order valence-electron chi connectivity index (χ0n) is 13.1. The van der Waals surface area contributed by atoms with Crippen molar-refractivity contribution in [2.24, 2.45) is 5.41 Å². The standard InChI is InChI=1S/C15H21F2N5O/c1-19-13-10(8-18)20-14(11(21-13)12(16)17)22-5-2-15(3-6-22)4-7-23-9-15/h8,12,18H,2-7,9H2,1H3,(H,19,21). The zero-order chi connectivity index (χ0) is 16.4. The van der Waals surface area contributed by atoms with Gasteiger partial charge in [0.2, 0.25) is 0 Å². The molecule has 2 aliphatic heterocycles. The van der Waals surface area contributed by atoms with E-state index in [4.69, 9.17) is 10.1 Å². The smallest absolute Gasteiger partial charge is 0.284 e. The molecule has 0 amide bonds. The molecule has 0 aliphatic carbocycles. The second kappa shape index (κ2) is 6.35. The van der Waals surface area contributed by atoms with E-state index in [1.807, 2.05) is 4.90 Å². The Morgan fingerprint density at radius 1 is 1.30 bits per heavy atom. The Morgan fingerprint density at radius 3 is 2.57 bits per heavy atom. The van der Waals surface area contributed by atoms with Gasteiger partial charge in [-0.25, -0.2) is 18.7 Å². The Balaban J connectivity index is 1.88. The lowest BCUT2D eigenvalue weighted by atomic mass is 9.78. The zero-order valence-corrected chi connectivity index (χ0v) is 13.1. The number of nitrogens with zero attached hydrogens (tertiary/aromatic N) is 3. The van der Waals surface area contributed by atoms with Crippen molar-refractivity contribution in [2.45, 2.75) is 25.7 Å². The number of hydrogen-bond acceptors (Lipinski definition) is 6. The highest BCUT2D eigenvalue weighted by molar-refractivity contribution is 5.82. The highest BCUT2D eigenvalue weighted by Gasteiger charge is 2.39. The maximum absolute atomic E-state index is 13.4. The Morgan fingerprint density at radius 2 is 2.04 bits per heavy atom. The van der Waals surface area contributed by atoms with Crippen LogP contribution >= 0.6 is 0 Å². The molecular weight excluding hydrogens is 304 g/mol. The van der Waals surface area contributed by atoms with Crippen LogP contribution in [0.1, 0.15) is 37.1 Å². The molecule has 2 aliphatic rings. The van der Waals surface area contributed by atoms with E-state index >= 15 is 0 Å². The van der Waals surface area contributed by atoms with E-state index in [9.17, 15) is 8.78 Å². The van der Waals surface area contributed by atoms with Gasteiger partial charge >= 0.3 is 0 Å². The molecule has 0 atom stereocenters. The number of nitrogens with one attached hydrogen (secondary N) is 2. The molecular formula is C15H21F2N5O. The summed E-state index contributed by atoms with van der Waals surface area (Å²) in [6.45, 7) is 2.87. The minimum absolute atomic E-state index is 0.199. The van der Waals surface area contributed by atoms with E-state index in [0.717, 1.165) is 38.7 Å². The van der Waals surface area contributed by atoms with Gasteiger partial charge in [0.05, 0.1) is 6.61 Å². The molecule has 0 saturated carbocycles. The summed E-state index contributed by atoms with van der Waals surface area (Å²) in [4.78, 5) is 10.1. The van der Waals surface area contributed by atoms with Crippen molar-refractivity contribution in [3.63, 3.8) is 0 Å². The molecule has 2 N–H and O–H groups in total. The van der Waals surface area contributed by atoms with E-state index in [0.29, 0.717) is 13.1 Å². The number of alkyl halides is 2. The van der Waals surface area contributed by atoms with Gasteiger partial charge < -0.3 is 20.4 Å². The number of aromatic nitrogens is 2. The predicted molar refractivity (Wildman–Crippen MR) is 83.7 cm³/mol. The van der Waals surface area contributed by atoms with E-state index in [2.05, 4.69) is 15.3 Å². The number of piperidine rings is 1. The fourth-order valence-corrected chi connectivity index (χ4v) is 3.35. The van der Waals surface area contributed by atoms with Crippen molar-refractivity contribution >= 4 is 17.9 Å². The molecule has 23 heavy (non-hydrogen) atoms. The van der Waals surface area contributed by atoms with Crippen molar-refractivity contribution < 1.29 is 13.5 Å². The molecule has 1 aromatic rings. The van der Waals surface area contributed by atoms with Crippen LogP contribution in [-0.4, -0.2) is 49.5 Å².